The van der Waals surface area contributed by atoms with Gasteiger partial charge in [-0.05, 0) is 26.3 Å². The summed E-state index contributed by atoms with van der Waals surface area (Å²) < 4.78 is 0. The fourth-order valence-corrected chi connectivity index (χ4v) is 1.49. The average Bonchev–Trinajstić information content (AvgIpc) is 2.07. The minimum absolute atomic E-state index is 0.193. The van der Waals surface area contributed by atoms with E-state index in [0.29, 0.717) is 25.8 Å². The van der Waals surface area contributed by atoms with Gasteiger partial charge in [0, 0.05) is 13.0 Å². The fraction of sp³-hybridized carbons (Fsp3) is 0.778. The number of carboxylic acids is 1. The molecule has 1 amide bonds. The van der Waals surface area contributed by atoms with Crippen LogP contribution in [0.1, 0.15) is 25.7 Å². The lowest BCUT2D eigenvalue weighted by molar-refractivity contribution is -0.151. The summed E-state index contributed by atoms with van der Waals surface area (Å²) in [5, 5.41) is 14.4. The Morgan fingerprint density at radius 1 is 1.43 bits per heavy atom. The van der Waals surface area contributed by atoms with E-state index in [1.54, 1.807) is 7.05 Å². The predicted molar refractivity (Wildman–Crippen MR) is 50.9 cm³/mol. The summed E-state index contributed by atoms with van der Waals surface area (Å²) in [5.74, 6) is -1.11. The summed E-state index contributed by atoms with van der Waals surface area (Å²) in [6, 6.07) is 0. The molecule has 1 aliphatic rings. The Kier molecular flexibility index (Phi) is 3.46. The molecule has 5 heteroatoms. The number of hydrogen-bond acceptors (Lipinski definition) is 3. The van der Waals surface area contributed by atoms with Crippen LogP contribution in [0.2, 0.25) is 0 Å². The third-order valence-corrected chi connectivity index (χ3v) is 2.60. The van der Waals surface area contributed by atoms with Gasteiger partial charge < -0.3 is 15.7 Å². The van der Waals surface area contributed by atoms with Crippen LogP contribution < -0.4 is 10.6 Å². The van der Waals surface area contributed by atoms with Crippen LogP contribution >= 0.6 is 0 Å². The lowest BCUT2D eigenvalue weighted by Crippen LogP contribution is -2.59. The zero-order chi connectivity index (χ0) is 10.6. The van der Waals surface area contributed by atoms with Crippen molar-refractivity contribution in [2.75, 3.05) is 13.6 Å². The number of carbonyl (C=O) groups is 2. The topological polar surface area (TPSA) is 78.4 Å². The molecule has 0 radical (unpaired) electrons. The number of aliphatic carboxylic acids is 1. The summed E-state index contributed by atoms with van der Waals surface area (Å²) >= 11 is 0. The van der Waals surface area contributed by atoms with Gasteiger partial charge in [-0.15, -0.1) is 0 Å². The van der Waals surface area contributed by atoms with Crippen molar-refractivity contribution in [3.63, 3.8) is 0 Å². The molecule has 0 aliphatic heterocycles. The van der Waals surface area contributed by atoms with E-state index in [9.17, 15) is 9.59 Å². The van der Waals surface area contributed by atoms with Gasteiger partial charge in [-0.3, -0.25) is 4.79 Å². The largest absolute Gasteiger partial charge is 0.480 e. The molecule has 1 rings (SSSR count). The van der Waals surface area contributed by atoms with Gasteiger partial charge in [0.2, 0.25) is 5.91 Å². The van der Waals surface area contributed by atoms with Crippen LogP contribution in [0, 0.1) is 0 Å². The first-order valence-corrected chi connectivity index (χ1v) is 4.80. The molecule has 0 atom stereocenters. The van der Waals surface area contributed by atoms with Gasteiger partial charge >= 0.3 is 5.97 Å². The highest BCUT2D eigenvalue weighted by Crippen LogP contribution is 2.31. The van der Waals surface area contributed by atoms with Gasteiger partial charge in [0.15, 0.2) is 0 Å². The minimum atomic E-state index is -0.967. The number of nitrogens with one attached hydrogen (secondary N) is 2. The standard InChI is InChI=1S/C9H16N2O3/c1-10-6-3-7(12)11-9(8(13)14)4-2-5-9/h10H,2-6H2,1H3,(H,11,12)(H,13,14). The Labute approximate surface area is 82.9 Å². The summed E-state index contributed by atoms with van der Waals surface area (Å²) in [5.41, 5.74) is -0.967. The second-order valence-corrected chi connectivity index (χ2v) is 3.64. The molecule has 0 heterocycles. The van der Waals surface area contributed by atoms with Crippen molar-refractivity contribution in [1.29, 1.82) is 0 Å². The zero-order valence-corrected chi connectivity index (χ0v) is 8.30. The molecule has 1 aliphatic carbocycles. The molecule has 80 valence electrons. The first-order valence-electron chi connectivity index (χ1n) is 4.80. The number of carbonyl (C=O) groups excluding carboxylic acids is 1. The van der Waals surface area contributed by atoms with Crippen molar-refractivity contribution in [3.8, 4) is 0 Å². The van der Waals surface area contributed by atoms with E-state index in [2.05, 4.69) is 10.6 Å². The van der Waals surface area contributed by atoms with E-state index in [4.69, 9.17) is 5.11 Å². The van der Waals surface area contributed by atoms with E-state index in [1.807, 2.05) is 0 Å². The molecule has 1 fully saturated rings. The molecule has 0 aromatic carbocycles. The van der Waals surface area contributed by atoms with Crippen molar-refractivity contribution in [2.24, 2.45) is 0 Å². The number of hydrogen-bond donors (Lipinski definition) is 3. The van der Waals surface area contributed by atoms with Crippen LogP contribution in [0.5, 0.6) is 0 Å². The predicted octanol–water partition coefficient (Wildman–Crippen LogP) is -0.281. The SMILES string of the molecule is CNCCC(=O)NC1(C(=O)O)CCC1. The highest BCUT2D eigenvalue weighted by atomic mass is 16.4. The van der Waals surface area contributed by atoms with Crippen molar-refractivity contribution >= 4 is 11.9 Å². The lowest BCUT2D eigenvalue weighted by atomic mass is 9.76. The molecule has 0 spiro atoms. The number of carboxylic acid groups (broad SMARTS) is 1. The molecule has 1 saturated carbocycles. The number of amides is 1. The summed E-state index contributed by atoms with van der Waals surface area (Å²) in [7, 11) is 1.75. The molecule has 0 saturated heterocycles. The maximum Gasteiger partial charge on any atom is 0.329 e. The van der Waals surface area contributed by atoms with Crippen LogP contribution in [-0.2, 0) is 9.59 Å². The van der Waals surface area contributed by atoms with Crippen LogP contribution in [-0.4, -0.2) is 36.1 Å². The normalized spacial score (nSPS) is 18.4. The molecule has 5 nitrogen and oxygen atoms in total. The Morgan fingerprint density at radius 2 is 2.07 bits per heavy atom. The van der Waals surface area contributed by atoms with Gasteiger partial charge in [0.25, 0.3) is 0 Å². The highest BCUT2D eigenvalue weighted by Gasteiger charge is 2.45. The first-order chi connectivity index (χ1) is 6.60. The summed E-state index contributed by atoms with van der Waals surface area (Å²) in [4.78, 5) is 22.2. The van der Waals surface area contributed by atoms with Crippen molar-refractivity contribution in [3.05, 3.63) is 0 Å². The van der Waals surface area contributed by atoms with Crippen molar-refractivity contribution in [1.82, 2.24) is 10.6 Å². The van der Waals surface area contributed by atoms with Crippen LogP contribution in [0.15, 0.2) is 0 Å². The fourth-order valence-electron chi connectivity index (χ4n) is 1.49. The molecule has 0 aromatic heterocycles. The zero-order valence-electron chi connectivity index (χ0n) is 8.30. The van der Waals surface area contributed by atoms with Gasteiger partial charge in [0.05, 0.1) is 0 Å². The van der Waals surface area contributed by atoms with Gasteiger partial charge in [0.1, 0.15) is 5.54 Å². The van der Waals surface area contributed by atoms with E-state index >= 15 is 0 Å². The summed E-state index contributed by atoms with van der Waals surface area (Å²) in [6.45, 7) is 0.571. The maximum absolute atomic E-state index is 11.3. The highest BCUT2D eigenvalue weighted by molar-refractivity contribution is 5.87. The Morgan fingerprint density at radius 3 is 2.43 bits per heavy atom. The van der Waals surface area contributed by atoms with Crippen molar-refractivity contribution < 1.29 is 14.7 Å². The molecule has 0 aromatic rings. The van der Waals surface area contributed by atoms with Crippen molar-refractivity contribution in [2.45, 2.75) is 31.2 Å². The van der Waals surface area contributed by atoms with E-state index in [1.165, 1.54) is 0 Å². The van der Waals surface area contributed by atoms with E-state index < -0.39 is 11.5 Å². The van der Waals surface area contributed by atoms with Crippen LogP contribution in [0.25, 0.3) is 0 Å². The monoisotopic (exact) mass is 200 g/mol. The Hall–Kier alpha value is -1.10. The molecular weight excluding hydrogens is 184 g/mol. The molecule has 0 unspecified atom stereocenters. The quantitative estimate of drug-likeness (QED) is 0.570. The molecular formula is C9H16N2O3. The van der Waals surface area contributed by atoms with Gasteiger partial charge in [-0.25, -0.2) is 4.79 Å². The van der Waals surface area contributed by atoms with Gasteiger partial charge in [-0.2, -0.15) is 0 Å². The number of rotatable bonds is 5. The minimum Gasteiger partial charge on any atom is -0.480 e. The second-order valence-electron chi connectivity index (χ2n) is 3.64. The first kappa shape index (κ1) is 11.0. The Bertz CT molecular complexity index is 236. The third kappa shape index (κ3) is 2.23. The smallest absolute Gasteiger partial charge is 0.329 e. The molecule has 3 N–H and O–H groups in total. The lowest BCUT2D eigenvalue weighted by Gasteiger charge is -2.38. The van der Waals surface area contributed by atoms with Crippen LogP contribution in [0.3, 0.4) is 0 Å². The van der Waals surface area contributed by atoms with Crippen LogP contribution in [0.4, 0.5) is 0 Å². The molecule has 0 bridgehead atoms. The maximum atomic E-state index is 11.3. The van der Waals surface area contributed by atoms with E-state index in [-0.39, 0.29) is 5.91 Å². The Balaban J connectivity index is 2.41. The average molecular weight is 200 g/mol. The second kappa shape index (κ2) is 4.41. The summed E-state index contributed by atoms with van der Waals surface area (Å²) in [6.07, 6.45) is 2.30. The third-order valence-electron chi connectivity index (χ3n) is 2.60. The van der Waals surface area contributed by atoms with Gasteiger partial charge in [-0.1, -0.05) is 0 Å². The molecule has 14 heavy (non-hydrogen) atoms. The van der Waals surface area contributed by atoms with E-state index in [0.717, 1.165) is 6.42 Å².